The predicted molar refractivity (Wildman–Crippen MR) is 41.4 cm³/mol. The Balaban J connectivity index is 3.43. The van der Waals surface area contributed by atoms with Gasteiger partial charge < -0.3 is 10.6 Å². The van der Waals surface area contributed by atoms with Crippen molar-refractivity contribution >= 4 is 0 Å². The molecule has 0 aromatic carbocycles. The standard InChI is InChI=1S/C7H18N2/c1-5-8-7(3,4)9-6-2/h8-9H,5-6H2,1-4H3. The van der Waals surface area contributed by atoms with Gasteiger partial charge in [-0.15, -0.1) is 0 Å². The van der Waals surface area contributed by atoms with E-state index in [9.17, 15) is 0 Å². The van der Waals surface area contributed by atoms with Crippen LogP contribution in [0.15, 0.2) is 0 Å². The zero-order valence-corrected chi connectivity index (χ0v) is 6.91. The molecule has 2 N–H and O–H groups in total. The Morgan fingerprint density at radius 3 is 1.56 bits per heavy atom. The molecule has 0 spiro atoms. The van der Waals surface area contributed by atoms with Crippen LogP contribution >= 0.6 is 0 Å². The van der Waals surface area contributed by atoms with Crippen LogP contribution < -0.4 is 10.6 Å². The van der Waals surface area contributed by atoms with E-state index < -0.39 is 0 Å². The third kappa shape index (κ3) is 4.43. The van der Waals surface area contributed by atoms with Gasteiger partial charge in [-0.2, -0.15) is 0 Å². The lowest BCUT2D eigenvalue weighted by molar-refractivity contribution is 0.325. The average molecular weight is 130 g/mol. The summed E-state index contributed by atoms with van der Waals surface area (Å²) in [5.41, 5.74) is 0.101. The molecule has 56 valence electrons. The zero-order valence-electron chi connectivity index (χ0n) is 6.91. The molecule has 0 saturated carbocycles. The largest absolute Gasteiger partial charge is 0.300 e. The molecule has 0 aromatic heterocycles. The smallest absolute Gasteiger partial charge is 0.0628 e. The third-order valence-corrected chi connectivity index (χ3v) is 1.24. The second-order valence-electron chi connectivity index (χ2n) is 2.69. The Labute approximate surface area is 58.0 Å². The van der Waals surface area contributed by atoms with Crippen LogP contribution in [0.4, 0.5) is 0 Å². The van der Waals surface area contributed by atoms with Gasteiger partial charge in [-0.05, 0) is 26.9 Å². The summed E-state index contributed by atoms with van der Waals surface area (Å²) in [6.07, 6.45) is 0. The molecule has 0 heterocycles. The number of nitrogens with one attached hydrogen (secondary N) is 2. The van der Waals surface area contributed by atoms with E-state index in [1.807, 2.05) is 0 Å². The molecule has 0 radical (unpaired) electrons. The molecule has 0 atom stereocenters. The first kappa shape index (κ1) is 8.92. The normalized spacial score (nSPS) is 12.0. The average Bonchev–Trinajstić information content (AvgIpc) is 1.64. The highest BCUT2D eigenvalue weighted by atomic mass is 15.2. The Bertz CT molecular complexity index is 61.3. The molecule has 0 aliphatic carbocycles. The predicted octanol–water partition coefficient (Wildman–Crippen LogP) is 0.942. The first-order valence-corrected chi connectivity index (χ1v) is 3.62. The SMILES string of the molecule is CCNC(C)(C)NCC. The summed E-state index contributed by atoms with van der Waals surface area (Å²) in [6, 6.07) is 0. The van der Waals surface area contributed by atoms with Crippen LogP contribution in [0, 0.1) is 0 Å². The van der Waals surface area contributed by atoms with Gasteiger partial charge in [-0.1, -0.05) is 13.8 Å². The lowest BCUT2D eigenvalue weighted by Crippen LogP contribution is -2.51. The lowest BCUT2D eigenvalue weighted by Gasteiger charge is -2.26. The highest BCUT2D eigenvalue weighted by molar-refractivity contribution is 4.71. The van der Waals surface area contributed by atoms with E-state index in [4.69, 9.17) is 0 Å². The maximum atomic E-state index is 3.31. The molecule has 0 aromatic rings. The van der Waals surface area contributed by atoms with Crippen molar-refractivity contribution in [2.45, 2.75) is 33.4 Å². The third-order valence-electron chi connectivity index (χ3n) is 1.24. The maximum absolute atomic E-state index is 3.31. The van der Waals surface area contributed by atoms with E-state index in [1.54, 1.807) is 0 Å². The Morgan fingerprint density at radius 2 is 1.33 bits per heavy atom. The fourth-order valence-electron chi connectivity index (χ4n) is 0.946. The van der Waals surface area contributed by atoms with Crippen LogP contribution in [0.2, 0.25) is 0 Å². The van der Waals surface area contributed by atoms with Crippen molar-refractivity contribution in [3.05, 3.63) is 0 Å². The summed E-state index contributed by atoms with van der Waals surface area (Å²) in [5, 5.41) is 6.62. The Hall–Kier alpha value is -0.0800. The van der Waals surface area contributed by atoms with Crippen molar-refractivity contribution in [1.82, 2.24) is 10.6 Å². The van der Waals surface area contributed by atoms with Crippen LogP contribution in [0.3, 0.4) is 0 Å². The second kappa shape index (κ2) is 3.85. The van der Waals surface area contributed by atoms with Crippen molar-refractivity contribution in [2.75, 3.05) is 13.1 Å². The van der Waals surface area contributed by atoms with E-state index in [0.29, 0.717) is 0 Å². The molecule has 2 nitrogen and oxygen atoms in total. The molecule has 0 rings (SSSR count). The van der Waals surface area contributed by atoms with Gasteiger partial charge in [0.15, 0.2) is 0 Å². The molecule has 0 bridgehead atoms. The quantitative estimate of drug-likeness (QED) is 0.553. The van der Waals surface area contributed by atoms with Crippen molar-refractivity contribution in [3.8, 4) is 0 Å². The number of hydrogen-bond donors (Lipinski definition) is 2. The first-order valence-electron chi connectivity index (χ1n) is 3.62. The minimum Gasteiger partial charge on any atom is -0.300 e. The molecule has 0 saturated heterocycles. The van der Waals surface area contributed by atoms with Gasteiger partial charge in [0.1, 0.15) is 0 Å². The van der Waals surface area contributed by atoms with Gasteiger partial charge in [-0.25, -0.2) is 0 Å². The number of hydrogen-bond acceptors (Lipinski definition) is 2. The van der Waals surface area contributed by atoms with Crippen molar-refractivity contribution in [3.63, 3.8) is 0 Å². The second-order valence-corrected chi connectivity index (χ2v) is 2.69. The van der Waals surface area contributed by atoms with E-state index in [0.717, 1.165) is 13.1 Å². The zero-order chi connectivity index (χ0) is 7.33. The van der Waals surface area contributed by atoms with E-state index in [2.05, 4.69) is 38.3 Å². The summed E-state index contributed by atoms with van der Waals surface area (Å²) in [7, 11) is 0. The Kier molecular flexibility index (Phi) is 3.82. The van der Waals surface area contributed by atoms with Gasteiger partial charge >= 0.3 is 0 Å². The van der Waals surface area contributed by atoms with Gasteiger partial charge in [0, 0.05) is 0 Å². The fourth-order valence-corrected chi connectivity index (χ4v) is 0.946. The number of rotatable bonds is 4. The molecule has 0 aliphatic rings. The van der Waals surface area contributed by atoms with Gasteiger partial charge in [-0.3, -0.25) is 0 Å². The Morgan fingerprint density at radius 1 is 1.00 bits per heavy atom. The van der Waals surface area contributed by atoms with Crippen LogP contribution in [0.5, 0.6) is 0 Å². The minimum absolute atomic E-state index is 0.101. The molecular weight excluding hydrogens is 112 g/mol. The van der Waals surface area contributed by atoms with Crippen molar-refractivity contribution in [1.29, 1.82) is 0 Å². The minimum atomic E-state index is 0.101. The first-order chi connectivity index (χ1) is 4.12. The van der Waals surface area contributed by atoms with E-state index >= 15 is 0 Å². The monoisotopic (exact) mass is 130 g/mol. The molecule has 0 fully saturated rings. The van der Waals surface area contributed by atoms with Crippen LogP contribution in [-0.2, 0) is 0 Å². The summed E-state index contributed by atoms with van der Waals surface area (Å²) in [5.74, 6) is 0. The van der Waals surface area contributed by atoms with E-state index in [1.165, 1.54) is 0 Å². The molecule has 2 heteroatoms. The molecule has 0 unspecified atom stereocenters. The fraction of sp³-hybridized carbons (Fsp3) is 1.00. The highest BCUT2D eigenvalue weighted by Crippen LogP contribution is 1.93. The maximum Gasteiger partial charge on any atom is 0.0628 e. The van der Waals surface area contributed by atoms with Crippen LogP contribution in [0.1, 0.15) is 27.7 Å². The lowest BCUT2D eigenvalue weighted by atomic mass is 10.2. The molecule has 0 aliphatic heterocycles. The van der Waals surface area contributed by atoms with Gasteiger partial charge in [0.2, 0.25) is 0 Å². The molecule has 0 amide bonds. The van der Waals surface area contributed by atoms with E-state index in [-0.39, 0.29) is 5.66 Å². The molecular formula is C7H18N2. The van der Waals surface area contributed by atoms with Crippen LogP contribution in [-0.4, -0.2) is 18.8 Å². The van der Waals surface area contributed by atoms with Gasteiger partial charge in [0.25, 0.3) is 0 Å². The highest BCUT2D eigenvalue weighted by Gasteiger charge is 2.11. The summed E-state index contributed by atoms with van der Waals surface area (Å²) >= 11 is 0. The molecule has 9 heavy (non-hydrogen) atoms. The summed E-state index contributed by atoms with van der Waals surface area (Å²) in [6.45, 7) is 10.5. The van der Waals surface area contributed by atoms with Crippen molar-refractivity contribution in [2.24, 2.45) is 0 Å². The summed E-state index contributed by atoms with van der Waals surface area (Å²) < 4.78 is 0. The van der Waals surface area contributed by atoms with Crippen molar-refractivity contribution < 1.29 is 0 Å². The van der Waals surface area contributed by atoms with Crippen LogP contribution in [0.25, 0.3) is 0 Å². The topological polar surface area (TPSA) is 24.1 Å². The summed E-state index contributed by atoms with van der Waals surface area (Å²) in [4.78, 5) is 0. The van der Waals surface area contributed by atoms with Gasteiger partial charge in [0.05, 0.1) is 5.66 Å².